The van der Waals surface area contributed by atoms with Crippen LogP contribution in [0.5, 0.6) is 0 Å². The van der Waals surface area contributed by atoms with Crippen LogP contribution in [0.4, 0.5) is 5.69 Å². The summed E-state index contributed by atoms with van der Waals surface area (Å²) in [4.78, 5) is 12.5. The molecule has 0 bridgehead atoms. The summed E-state index contributed by atoms with van der Waals surface area (Å²) in [6, 6.07) is 29.8. The minimum absolute atomic E-state index is 0.423. The van der Waals surface area contributed by atoms with Gasteiger partial charge in [-0.25, -0.2) is 9.97 Å². The lowest BCUT2D eigenvalue weighted by molar-refractivity contribution is 0.591. The van der Waals surface area contributed by atoms with Crippen LogP contribution in [0, 0.1) is 6.92 Å². The van der Waals surface area contributed by atoms with Crippen molar-refractivity contribution in [2.75, 3.05) is 19.0 Å². The molecule has 6 aromatic rings. The number of aromatic nitrogens is 4. The van der Waals surface area contributed by atoms with E-state index in [4.69, 9.17) is 9.97 Å². The quantitative estimate of drug-likeness (QED) is 0.262. The van der Waals surface area contributed by atoms with Crippen molar-refractivity contribution < 1.29 is 0 Å². The van der Waals surface area contributed by atoms with Crippen molar-refractivity contribution in [1.29, 1.82) is 0 Å². The molecule has 4 aromatic heterocycles. The average Bonchev–Trinajstić information content (AvgIpc) is 3.53. The topological polar surface area (TPSA) is 38.9 Å². The Morgan fingerprint density at radius 3 is 1.73 bits per heavy atom. The number of pyridine rings is 2. The Balaban J connectivity index is 1.50. The van der Waals surface area contributed by atoms with E-state index in [0.717, 1.165) is 39.7 Å². The molecule has 0 aliphatic carbocycles. The zero-order valence-corrected chi connectivity index (χ0v) is 22.0. The fourth-order valence-corrected chi connectivity index (χ4v) is 4.99. The normalized spacial score (nSPS) is 11.9. The fraction of sp³-hybridized carbons (Fsp3) is 0.188. The van der Waals surface area contributed by atoms with E-state index in [9.17, 15) is 0 Å². The summed E-state index contributed by atoms with van der Waals surface area (Å²) >= 11 is 0. The lowest BCUT2D eigenvalue weighted by Crippen LogP contribution is -2.24. The van der Waals surface area contributed by atoms with Gasteiger partial charge in [0.1, 0.15) is 11.6 Å². The molecule has 6 rings (SSSR count). The van der Waals surface area contributed by atoms with Crippen LogP contribution in [0.3, 0.4) is 0 Å². The Bertz CT molecular complexity index is 1750. The highest BCUT2D eigenvalue weighted by Gasteiger charge is 2.29. The van der Waals surface area contributed by atoms with Crippen LogP contribution >= 0.6 is 0 Å². The van der Waals surface area contributed by atoms with Crippen LogP contribution < -0.4 is 4.90 Å². The van der Waals surface area contributed by atoms with E-state index in [1.807, 2.05) is 0 Å². The lowest BCUT2D eigenvalue weighted by Gasteiger charge is -2.27. The summed E-state index contributed by atoms with van der Waals surface area (Å²) in [6.45, 7) is 6.56. The van der Waals surface area contributed by atoms with E-state index in [1.165, 1.54) is 16.3 Å². The van der Waals surface area contributed by atoms with E-state index in [-0.39, 0.29) is 0 Å². The molecule has 0 radical (unpaired) electrons. The summed E-state index contributed by atoms with van der Waals surface area (Å²) in [5.74, 6) is 1.82. The van der Waals surface area contributed by atoms with Crippen LogP contribution in [-0.4, -0.2) is 33.2 Å². The third kappa shape index (κ3) is 3.97. The molecule has 0 N–H and O–H groups in total. The zero-order chi connectivity index (χ0) is 25.7. The second-order valence-corrected chi connectivity index (χ2v) is 10.5. The van der Waals surface area contributed by atoms with Crippen molar-refractivity contribution in [2.24, 2.45) is 0 Å². The molecule has 5 heteroatoms. The zero-order valence-electron chi connectivity index (χ0n) is 22.0. The number of para-hydroxylation sites is 2. The number of benzene rings is 2. The number of hydrogen-bond acceptors (Lipinski definition) is 3. The van der Waals surface area contributed by atoms with E-state index in [2.05, 4.69) is 146 Å². The highest BCUT2D eigenvalue weighted by Crippen LogP contribution is 2.34. The molecular formula is C32H31N5. The molecular weight excluding hydrogens is 454 g/mol. The minimum Gasteiger partial charge on any atom is -0.377 e. The van der Waals surface area contributed by atoms with Gasteiger partial charge in [0.25, 0.3) is 0 Å². The van der Waals surface area contributed by atoms with Gasteiger partial charge in [-0.15, -0.1) is 0 Å². The SMILES string of the molecule is Cc1cc(-n2ccc3ccccc32)nc(C(C)(C)c2cc(N(C)C)cc(-n3ccc4ccccc43)n2)c1. The molecule has 0 aliphatic heterocycles. The first-order valence-corrected chi connectivity index (χ1v) is 12.6. The number of fused-ring (bicyclic) bond motifs is 2. The minimum atomic E-state index is -0.423. The van der Waals surface area contributed by atoms with E-state index >= 15 is 0 Å². The van der Waals surface area contributed by atoms with Crippen molar-refractivity contribution >= 4 is 27.5 Å². The second kappa shape index (κ2) is 8.63. The number of nitrogens with zero attached hydrogens (tertiary/aromatic N) is 5. The molecule has 0 saturated carbocycles. The van der Waals surface area contributed by atoms with Crippen molar-refractivity contribution in [3.8, 4) is 11.6 Å². The van der Waals surface area contributed by atoms with Crippen molar-refractivity contribution in [2.45, 2.75) is 26.2 Å². The van der Waals surface area contributed by atoms with Gasteiger partial charge in [-0.05, 0) is 79.6 Å². The van der Waals surface area contributed by atoms with E-state index in [1.54, 1.807) is 0 Å². The van der Waals surface area contributed by atoms with Crippen LogP contribution in [0.1, 0.15) is 30.8 Å². The van der Waals surface area contributed by atoms with Gasteiger partial charge >= 0.3 is 0 Å². The Hall–Kier alpha value is -4.38. The van der Waals surface area contributed by atoms with Gasteiger partial charge in [0.2, 0.25) is 0 Å². The van der Waals surface area contributed by atoms with Gasteiger partial charge in [0, 0.05) is 43.7 Å². The number of hydrogen-bond donors (Lipinski definition) is 0. The Morgan fingerprint density at radius 2 is 1.16 bits per heavy atom. The maximum Gasteiger partial charge on any atom is 0.139 e. The highest BCUT2D eigenvalue weighted by molar-refractivity contribution is 5.82. The summed E-state index contributed by atoms with van der Waals surface area (Å²) in [6.07, 6.45) is 4.20. The van der Waals surface area contributed by atoms with Gasteiger partial charge in [0.05, 0.1) is 22.4 Å². The average molecular weight is 486 g/mol. The van der Waals surface area contributed by atoms with Crippen LogP contribution in [0.15, 0.2) is 97.3 Å². The fourth-order valence-electron chi connectivity index (χ4n) is 4.99. The van der Waals surface area contributed by atoms with Crippen LogP contribution in [-0.2, 0) is 5.41 Å². The maximum atomic E-state index is 5.22. The smallest absolute Gasteiger partial charge is 0.139 e. The molecule has 0 fully saturated rings. The van der Waals surface area contributed by atoms with Gasteiger partial charge in [-0.2, -0.15) is 0 Å². The number of aryl methyl sites for hydroxylation is 1. The first-order chi connectivity index (χ1) is 17.8. The van der Waals surface area contributed by atoms with E-state index < -0.39 is 5.41 Å². The molecule has 37 heavy (non-hydrogen) atoms. The summed E-state index contributed by atoms with van der Waals surface area (Å²) < 4.78 is 4.34. The molecule has 0 spiro atoms. The van der Waals surface area contributed by atoms with Crippen LogP contribution in [0.2, 0.25) is 0 Å². The van der Waals surface area contributed by atoms with Gasteiger partial charge in [-0.3, -0.25) is 0 Å². The maximum absolute atomic E-state index is 5.22. The largest absolute Gasteiger partial charge is 0.377 e. The van der Waals surface area contributed by atoms with Crippen molar-refractivity contribution in [1.82, 2.24) is 19.1 Å². The van der Waals surface area contributed by atoms with Crippen molar-refractivity contribution in [3.63, 3.8) is 0 Å². The third-order valence-corrected chi connectivity index (χ3v) is 7.24. The standard InChI is InChI=1S/C32H31N5/c1-22-18-28(33-30(19-22)36-16-14-23-10-6-8-12-26(23)36)32(2,3)29-20-25(35(4)5)21-31(34-29)37-17-15-24-11-7-9-13-27(24)37/h6-21H,1-5H3. The summed E-state index contributed by atoms with van der Waals surface area (Å²) in [5, 5.41) is 2.40. The molecule has 0 saturated heterocycles. The molecule has 2 aromatic carbocycles. The third-order valence-electron chi connectivity index (χ3n) is 7.24. The molecule has 5 nitrogen and oxygen atoms in total. The van der Waals surface area contributed by atoms with Gasteiger partial charge < -0.3 is 14.0 Å². The molecule has 0 amide bonds. The number of anilines is 1. The predicted molar refractivity (Wildman–Crippen MR) is 153 cm³/mol. The monoisotopic (exact) mass is 485 g/mol. The predicted octanol–water partition coefficient (Wildman–Crippen LogP) is 7.06. The first kappa shape index (κ1) is 23.0. The second-order valence-electron chi connectivity index (χ2n) is 10.5. The molecule has 0 aliphatic rings. The number of rotatable bonds is 5. The highest BCUT2D eigenvalue weighted by atomic mass is 15.1. The Morgan fingerprint density at radius 1 is 0.649 bits per heavy atom. The summed E-state index contributed by atoms with van der Waals surface area (Å²) in [5.41, 5.74) is 6.12. The lowest BCUT2D eigenvalue weighted by atomic mass is 9.84. The van der Waals surface area contributed by atoms with Crippen LogP contribution in [0.25, 0.3) is 33.4 Å². The molecule has 4 heterocycles. The molecule has 0 atom stereocenters. The Labute approximate surface area is 217 Å². The Kier molecular flexibility index (Phi) is 5.37. The van der Waals surface area contributed by atoms with Gasteiger partial charge in [-0.1, -0.05) is 36.4 Å². The van der Waals surface area contributed by atoms with Gasteiger partial charge in [0.15, 0.2) is 0 Å². The molecule has 0 unspecified atom stereocenters. The summed E-state index contributed by atoms with van der Waals surface area (Å²) in [7, 11) is 4.15. The van der Waals surface area contributed by atoms with Crippen molar-refractivity contribution in [3.05, 3.63) is 114 Å². The molecule has 184 valence electrons. The van der Waals surface area contributed by atoms with E-state index in [0.29, 0.717) is 0 Å². The first-order valence-electron chi connectivity index (χ1n) is 12.6.